The SMILES string of the molecule is Cc1cc(/C=C(/C#N)c2cccc(F)c2)c(C)n1-c1ccncc1. The molecule has 0 aliphatic carbocycles. The van der Waals surface area contributed by atoms with Gasteiger partial charge in [-0.15, -0.1) is 0 Å². The molecule has 0 N–H and O–H groups in total. The van der Waals surface area contributed by atoms with Gasteiger partial charge in [0.15, 0.2) is 0 Å². The van der Waals surface area contributed by atoms with E-state index in [1.807, 2.05) is 32.0 Å². The molecule has 0 aliphatic heterocycles. The largest absolute Gasteiger partial charge is 0.318 e. The summed E-state index contributed by atoms with van der Waals surface area (Å²) in [5.41, 5.74) is 5.04. The highest BCUT2D eigenvalue weighted by Gasteiger charge is 2.11. The van der Waals surface area contributed by atoms with Gasteiger partial charge in [-0.1, -0.05) is 12.1 Å². The number of nitrogens with zero attached hydrogens (tertiary/aromatic N) is 3. The van der Waals surface area contributed by atoms with Crippen LogP contribution < -0.4 is 0 Å². The van der Waals surface area contributed by atoms with Gasteiger partial charge in [-0.2, -0.15) is 5.26 Å². The van der Waals surface area contributed by atoms with Gasteiger partial charge in [0, 0.05) is 29.5 Å². The highest BCUT2D eigenvalue weighted by Crippen LogP contribution is 2.25. The molecule has 0 bridgehead atoms. The minimum Gasteiger partial charge on any atom is -0.318 e. The fraction of sp³-hybridized carbons (Fsp3) is 0.100. The van der Waals surface area contributed by atoms with Crippen LogP contribution in [0.2, 0.25) is 0 Å². The summed E-state index contributed by atoms with van der Waals surface area (Å²) in [4.78, 5) is 4.04. The van der Waals surface area contributed by atoms with E-state index in [1.54, 1.807) is 30.6 Å². The molecule has 24 heavy (non-hydrogen) atoms. The lowest BCUT2D eigenvalue weighted by Gasteiger charge is -2.09. The zero-order chi connectivity index (χ0) is 17.1. The number of allylic oxidation sites excluding steroid dienone is 1. The van der Waals surface area contributed by atoms with Crippen molar-refractivity contribution in [2.75, 3.05) is 0 Å². The molecule has 2 heterocycles. The average molecular weight is 317 g/mol. The molecule has 0 saturated carbocycles. The molecule has 118 valence electrons. The highest BCUT2D eigenvalue weighted by molar-refractivity contribution is 5.90. The van der Waals surface area contributed by atoms with Gasteiger partial charge >= 0.3 is 0 Å². The van der Waals surface area contributed by atoms with Gasteiger partial charge in [0.05, 0.1) is 11.6 Å². The summed E-state index contributed by atoms with van der Waals surface area (Å²) < 4.78 is 15.5. The van der Waals surface area contributed by atoms with Crippen molar-refractivity contribution in [3.05, 3.63) is 83.2 Å². The summed E-state index contributed by atoms with van der Waals surface area (Å²) in [6, 6.07) is 14.1. The summed E-state index contributed by atoms with van der Waals surface area (Å²) in [5, 5.41) is 9.46. The molecule has 0 fully saturated rings. The minimum atomic E-state index is -0.351. The Labute approximate surface area is 140 Å². The quantitative estimate of drug-likeness (QED) is 0.657. The first-order valence-electron chi connectivity index (χ1n) is 7.57. The zero-order valence-electron chi connectivity index (χ0n) is 13.5. The molecular formula is C20H16FN3. The standard InChI is InChI=1S/C20H16FN3/c1-14-10-17(15(2)24(14)20-6-8-23-9-7-20)11-18(13-22)16-4-3-5-19(21)12-16/h3-12H,1-2H3/b18-11-. The van der Waals surface area contributed by atoms with E-state index in [4.69, 9.17) is 0 Å². The van der Waals surface area contributed by atoms with Gasteiger partial charge in [-0.25, -0.2) is 4.39 Å². The summed E-state index contributed by atoms with van der Waals surface area (Å²) in [6.07, 6.45) is 5.29. The first kappa shape index (κ1) is 15.7. The molecule has 0 radical (unpaired) electrons. The molecule has 1 aromatic carbocycles. The van der Waals surface area contributed by atoms with E-state index < -0.39 is 0 Å². The number of aromatic nitrogens is 2. The van der Waals surface area contributed by atoms with E-state index in [-0.39, 0.29) is 5.82 Å². The van der Waals surface area contributed by atoms with Crippen LogP contribution in [0.3, 0.4) is 0 Å². The average Bonchev–Trinajstić information content (AvgIpc) is 2.87. The number of aryl methyl sites for hydroxylation is 1. The van der Waals surface area contributed by atoms with Gasteiger partial charge in [0.25, 0.3) is 0 Å². The maximum atomic E-state index is 13.4. The predicted molar refractivity (Wildman–Crippen MR) is 92.9 cm³/mol. The van der Waals surface area contributed by atoms with E-state index in [2.05, 4.69) is 15.6 Å². The maximum Gasteiger partial charge on any atom is 0.123 e. The molecule has 0 saturated heterocycles. The van der Waals surface area contributed by atoms with Crippen LogP contribution in [0.15, 0.2) is 54.9 Å². The van der Waals surface area contributed by atoms with Crippen molar-refractivity contribution in [3.8, 4) is 11.8 Å². The van der Waals surface area contributed by atoms with Crippen LogP contribution in [0.25, 0.3) is 17.3 Å². The third-order valence-electron chi connectivity index (χ3n) is 3.95. The molecule has 0 spiro atoms. The van der Waals surface area contributed by atoms with Crippen molar-refractivity contribution in [2.24, 2.45) is 0 Å². The van der Waals surface area contributed by atoms with Crippen molar-refractivity contribution in [1.82, 2.24) is 9.55 Å². The molecule has 3 aromatic rings. The van der Waals surface area contributed by atoms with Gasteiger partial charge in [0.2, 0.25) is 0 Å². The van der Waals surface area contributed by atoms with Gasteiger partial charge in [0.1, 0.15) is 5.82 Å². The van der Waals surface area contributed by atoms with Crippen molar-refractivity contribution in [2.45, 2.75) is 13.8 Å². The summed E-state index contributed by atoms with van der Waals surface area (Å²) in [6.45, 7) is 4.01. The smallest absolute Gasteiger partial charge is 0.123 e. The zero-order valence-corrected chi connectivity index (χ0v) is 13.5. The Kier molecular flexibility index (Phi) is 4.26. The number of pyridine rings is 1. The number of hydrogen-bond donors (Lipinski definition) is 0. The Morgan fingerprint density at radius 3 is 2.58 bits per heavy atom. The molecular weight excluding hydrogens is 301 g/mol. The van der Waals surface area contributed by atoms with Crippen LogP contribution in [0, 0.1) is 31.0 Å². The Hall–Kier alpha value is -3.19. The number of nitriles is 1. The summed E-state index contributed by atoms with van der Waals surface area (Å²) >= 11 is 0. The van der Waals surface area contributed by atoms with Crippen molar-refractivity contribution < 1.29 is 4.39 Å². The number of halogens is 1. The lowest BCUT2D eigenvalue weighted by Crippen LogP contribution is -1.98. The molecule has 2 aromatic heterocycles. The number of hydrogen-bond acceptors (Lipinski definition) is 2. The van der Waals surface area contributed by atoms with Gasteiger partial charge < -0.3 is 4.57 Å². The van der Waals surface area contributed by atoms with E-state index in [0.717, 1.165) is 22.6 Å². The Bertz CT molecular complexity index is 947. The number of benzene rings is 1. The van der Waals surface area contributed by atoms with E-state index in [0.29, 0.717) is 11.1 Å². The van der Waals surface area contributed by atoms with Gasteiger partial charge in [-0.05, 0) is 61.4 Å². The van der Waals surface area contributed by atoms with Crippen LogP contribution in [0.4, 0.5) is 4.39 Å². The molecule has 3 nitrogen and oxygen atoms in total. The monoisotopic (exact) mass is 317 g/mol. The topological polar surface area (TPSA) is 41.6 Å². The van der Waals surface area contributed by atoms with Crippen LogP contribution in [0.1, 0.15) is 22.5 Å². The minimum absolute atomic E-state index is 0.351. The third-order valence-corrected chi connectivity index (χ3v) is 3.95. The highest BCUT2D eigenvalue weighted by atomic mass is 19.1. The first-order chi connectivity index (χ1) is 11.6. The van der Waals surface area contributed by atoms with E-state index in [9.17, 15) is 9.65 Å². The fourth-order valence-corrected chi connectivity index (χ4v) is 2.82. The van der Waals surface area contributed by atoms with Crippen LogP contribution >= 0.6 is 0 Å². The van der Waals surface area contributed by atoms with Crippen LogP contribution in [-0.4, -0.2) is 9.55 Å². The van der Waals surface area contributed by atoms with Crippen molar-refractivity contribution in [3.63, 3.8) is 0 Å². The maximum absolute atomic E-state index is 13.4. The fourth-order valence-electron chi connectivity index (χ4n) is 2.82. The first-order valence-corrected chi connectivity index (χ1v) is 7.57. The van der Waals surface area contributed by atoms with Crippen LogP contribution in [0.5, 0.6) is 0 Å². The predicted octanol–water partition coefficient (Wildman–Crippen LogP) is 4.69. The molecule has 0 aliphatic rings. The normalized spacial score (nSPS) is 11.3. The van der Waals surface area contributed by atoms with Crippen molar-refractivity contribution >= 4 is 11.6 Å². The lowest BCUT2D eigenvalue weighted by atomic mass is 10.0. The van der Waals surface area contributed by atoms with Crippen LogP contribution in [-0.2, 0) is 0 Å². The van der Waals surface area contributed by atoms with Gasteiger partial charge in [-0.3, -0.25) is 4.98 Å². The molecule has 0 unspecified atom stereocenters. The molecule has 0 amide bonds. The van der Waals surface area contributed by atoms with E-state index in [1.165, 1.54) is 12.1 Å². The molecule has 0 atom stereocenters. The Morgan fingerprint density at radius 1 is 1.17 bits per heavy atom. The molecule has 3 rings (SSSR count). The second-order valence-corrected chi connectivity index (χ2v) is 5.55. The second-order valence-electron chi connectivity index (χ2n) is 5.55. The second kappa shape index (κ2) is 6.51. The summed E-state index contributed by atoms with van der Waals surface area (Å²) in [5.74, 6) is -0.351. The Balaban J connectivity index is 2.09. The lowest BCUT2D eigenvalue weighted by molar-refractivity contribution is 0.627. The number of rotatable bonds is 3. The Morgan fingerprint density at radius 2 is 1.92 bits per heavy atom. The summed E-state index contributed by atoms with van der Waals surface area (Å²) in [7, 11) is 0. The molecule has 4 heteroatoms. The van der Waals surface area contributed by atoms with Crippen molar-refractivity contribution in [1.29, 1.82) is 5.26 Å². The van der Waals surface area contributed by atoms with E-state index >= 15 is 0 Å². The third kappa shape index (κ3) is 2.97.